The van der Waals surface area contributed by atoms with Gasteiger partial charge in [0, 0.05) is 13.3 Å². The van der Waals surface area contributed by atoms with Gasteiger partial charge in [-0.25, -0.2) is 0 Å². The Morgan fingerprint density at radius 2 is 2.11 bits per heavy atom. The second kappa shape index (κ2) is 6.73. The molecule has 3 N–H and O–H groups in total. The number of esters is 1. The summed E-state index contributed by atoms with van der Waals surface area (Å²) in [6, 6.07) is 10.1. The van der Waals surface area contributed by atoms with E-state index in [0.29, 0.717) is 6.54 Å². The molecule has 1 heterocycles. The summed E-state index contributed by atoms with van der Waals surface area (Å²) in [6.07, 6.45) is -0.157. The summed E-state index contributed by atoms with van der Waals surface area (Å²) in [5, 5.41) is 11.8. The summed E-state index contributed by atoms with van der Waals surface area (Å²) in [5.74, 6) is -0.331. The molecule has 0 aromatic heterocycles. The minimum atomic E-state index is -0.562. The molecular formula is C13H18ClNO3. The van der Waals surface area contributed by atoms with Crippen molar-refractivity contribution in [2.45, 2.75) is 31.6 Å². The van der Waals surface area contributed by atoms with Crippen LogP contribution in [0.5, 0.6) is 0 Å². The van der Waals surface area contributed by atoms with E-state index in [1.165, 1.54) is 12.5 Å². The number of rotatable bonds is 3. The molecule has 100 valence electrons. The van der Waals surface area contributed by atoms with Crippen LogP contribution in [0.25, 0.3) is 0 Å². The number of carbonyl (C=O) groups is 1. The molecule has 1 fully saturated rings. The van der Waals surface area contributed by atoms with Crippen molar-refractivity contribution in [3.05, 3.63) is 35.9 Å². The molecule has 1 aromatic rings. The summed E-state index contributed by atoms with van der Waals surface area (Å²) in [4.78, 5) is 11.0. The standard InChI is InChI=1S/C13H17NO3.ClH/c1-9(15)17-13-11(14-8-12(13)16)7-10-5-3-2-4-6-10;/h2-6,11-14,16H,7-8H2,1H3;1H/t11-,12+,13+;/m1./s1. The van der Waals surface area contributed by atoms with Gasteiger partial charge >= 0.3 is 5.97 Å². The summed E-state index contributed by atoms with van der Waals surface area (Å²) in [6.45, 7) is 1.97. The van der Waals surface area contributed by atoms with E-state index in [2.05, 4.69) is 0 Å². The average molecular weight is 272 g/mol. The molecular weight excluding hydrogens is 254 g/mol. The van der Waals surface area contributed by atoms with Gasteiger partial charge in [-0.3, -0.25) is 4.79 Å². The molecule has 0 saturated carbocycles. The monoisotopic (exact) mass is 271 g/mol. The summed E-state index contributed by atoms with van der Waals surface area (Å²) < 4.78 is 5.19. The Labute approximate surface area is 113 Å². The number of quaternary nitrogens is 1. The van der Waals surface area contributed by atoms with Gasteiger partial charge in [0.1, 0.15) is 18.7 Å². The van der Waals surface area contributed by atoms with Crippen LogP contribution in [-0.4, -0.2) is 35.9 Å². The van der Waals surface area contributed by atoms with Crippen LogP contribution in [0, 0.1) is 0 Å². The maximum Gasteiger partial charge on any atom is 0.303 e. The van der Waals surface area contributed by atoms with E-state index in [9.17, 15) is 9.90 Å². The van der Waals surface area contributed by atoms with Gasteiger partial charge in [0.2, 0.25) is 0 Å². The summed E-state index contributed by atoms with van der Waals surface area (Å²) in [5.41, 5.74) is 1.19. The number of halogens is 1. The Kier molecular flexibility index (Phi) is 5.59. The van der Waals surface area contributed by atoms with Gasteiger partial charge in [0.15, 0.2) is 6.10 Å². The minimum Gasteiger partial charge on any atom is -1.00 e. The van der Waals surface area contributed by atoms with Crippen LogP contribution in [0.4, 0.5) is 0 Å². The van der Waals surface area contributed by atoms with Crippen LogP contribution < -0.4 is 17.7 Å². The predicted molar refractivity (Wildman–Crippen MR) is 62.3 cm³/mol. The molecule has 0 unspecified atom stereocenters. The fourth-order valence-corrected chi connectivity index (χ4v) is 2.31. The third-order valence-corrected chi connectivity index (χ3v) is 3.10. The topological polar surface area (TPSA) is 63.1 Å². The Morgan fingerprint density at radius 1 is 1.44 bits per heavy atom. The first-order valence-corrected chi connectivity index (χ1v) is 5.89. The molecule has 0 radical (unpaired) electrons. The number of hydrogen-bond donors (Lipinski definition) is 2. The lowest BCUT2D eigenvalue weighted by Crippen LogP contribution is -3.00. The number of aliphatic hydroxyl groups excluding tert-OH is 1. The van der Waals surface area contributed by atoms with Crippen molar-refractivity contribution in [3.8, 4) is 0 Å². The van der Waals surface area contributed by atoms with Crippen molar-refractivity contribution in [1.82, 2.24) is 0 Å². The van der Waals surface area contributed by atoms with Gasteiger partial charge in [0.05, 0.1) is 0 Å². The molecule has 0 spiro atoms. The first-order chi connectivity index (χ1) is 8.16. The maximum absolute atomic E-state index is 11.0. The van der Waals surface area contributed by atoms with Gasteiger partial charge in [-0.2, -0.15) is 0 Å². The van der Waals surface area contributed by atoms with Gasteiger partial charge in [-0.1, -0.05) is 30.3 Å². The fraction of sp³-hybridized carbons (Fsp3) is 0.462. The molecule has 0 aliphatic carbocycles. The number of nitrogens with two attached hydrogens (primary N) is 1. The molecule has 3 atom stereocenters. The van der Waals surface area contributed by atoms with E-state index in [1.807, 2.05) is 35.6 Å². The summed E-state index contributed by atoms with van der Waals surface area (Å²) >= 11 is 0. The van der Waals surface area contributed by atoms with Crippen molar-refractivity contribution in [3.63, 3.8) is 0 Å². The first kappa shape index (κ1) is 15.0. The highest BCUT2D eigenvalue weighted by atomic mass is 35.5. The quantitative estimate of drug-likeness (QED) is 0.560. The number of hydrogen-bond acceptors (Lipinski definition) is 3. The maximum atomic E-state index is 11.0. The van der Waals surface area contributed by atoms with Crippen molar-refractivity contribution < 1.29 is 32.4 Å². The van der Waals surface area contributed by atoms with Crippen LogP contribution in [-0.2, 0) is 16.0 Å². The van der Waals surface area contributed by atoms with E-state index in [0.717, 1.165) is 6.42 Å². The van der Waals surface area contributed by atoms with Crippen LogP contribution in [0.15, 0.2) is 30.3 Å². The number of carbonyl (C=O) groups excluding carboxylic acids is 1. The van der Waals surface area contributed by atoms with E-state index >= 15 is 0 Å². The van der Waals surface area contributed by atoms with Crippen LogP contribution in [0.3, 0.4) is 0 Å². The summed E-state index contributed by atoms with van der Waals surface area (Å²) in [7, 11) is 0. The number of ether oxygens (including phenoxy) is 1. The highest BCUT2D eigenvalue weighted by Gasteiger charge is 2.41. The predicted octanol–water partition coefficient (Wildman–Crippen LogP) is -3.53. The van der Waals surface area contributed by atoms with Gasteiger partial charge in [-0.05, 0) is 5.56 Å². The zero-order valence-electron chi connectivity index (χ0n) is 10.3. The Morgan fingerprint density at radius 3 is 2.72 bits per heavy atom. The normalized spacial score (nSPS) is 26.4. The molecule has 0 amide bonds. The van der Waals surface area contributed by atoms with Crippen LogP contribution in [0.2, 0.25) is 0 Å². The van der Waals surface area contributed by atoms with Crippen LogP contribution in [0.1, 0.15) is 12.5 Å². The highest BCUT2D eigenvalue weighted by molar-refractivity contribution is 5.66. The van der Waals surface area contributed by atoms with E-state index in [1.54, 1.807) is 0 Å². The molecule has 18 heavy (non-hydrogen) atoms. The van der Waals surface area contributed by atoms with Crippen molar-refractivity contribution in [1.29, 1.82) is 0 Å². The zero-order valence-corrected chi connectivity index (χ0v) is 11.0. The largest absolute Gasteiger partial charge is 1.00 e. The lowest BCUT2D eigenvalue weighted by Gasteiger charge is -2.18. The van der Waals surface area contributed by atoms with Crippen molar-refractivity contribution in [2.75, 3.05) is 6.54 Å². The third kappa shape index (κ3) is 3.70. The molecule has 5 heteroatoms. The Bertz CT molecular complexity index is 385. The van der Waals surface area contributed by atoms with Gasteiger partial charge in [-0.15, -0.1) is 0 Å². The molecule has 2 rings (SSSR count). The second-order valence-corrected chi connectivity index (χ2v) is 4.47. The zero-order chi connectivity index (χ0) is 12.3. The van der Waals surface area contributed by atoms with Crippen LogP contribution >= 0.6 is 0 Å². The average Bonchev–Trinajstić information content (AvgIpc) is 2.62. The molecule has 1 saturated heterocycles. The van der Waals surface area contributed by atoms with Gasteiger partial charge in [0.25, 0.3) is 0 Å². The van der Waals surface area contributed by atoms with Gasteiger partial charge < -0.3 is 27.6 Å². The highest BCUT2D eigenvalue weighted by Crippen LogP contribution is 2.12. The first-order valence-electron chi connectivity index (χ1n) is 5.89. The lowest BCUT2D eigenvalue weighted by atomic mass is 10.0. The minimum absolute atomic E-state index is 0. The molecule has 1 aliphatic heterocycles. The fourth-order valence-electron chi connectivity index (χ4n) is 2.31. The Balaban J connectivity index is 0.00000162. The van der Waals surface area contributed by atoms with E-state index in [4.69, 9.17) is 4.74 Å². The molecule has 4 nitrogen and oxygen atoms in total. The van der Waals surface area contributed by atoms with Crippen molar-refractivity contribution in [2.24, 2.45) is 0 Å². The SMILES string of the molecule is CC(=O)O[C@@H]1[C@@H](O)C[NH2+][C@@H]1Cc1ccccc1.[Cl-]. The van der Waals surface area contributed by atoms with E-state index < -0.39 is 12.2 Å². The second-order valence-electron chi connectivity index (χ2n) is 4.47. The van der Waals surface area contributed by atoms with E-state index in [-0.39, 0.29) is 24.4 Å². The Hall–Kier alpha value is -1.10. The third-order valence-electron chi connectivity index (χ3n) is 3.10. The smallest absolute Gasteiger partial charge is 0.303 e. The number of aliphatic hydroxyl groups is 1. The molecule has 1 aliphatic rings. The molecule has 1 aromatic carbocycles. The lowest BCUT2D eigenvalue weighted by molar-refractivity contribution is -0.674. The molecule has 0 bridgehead atoms. The van der Waals surface area contributed by atoms with Crippen molar-refractivity contribution >= 4 is 5.97 Å². The number of benzene rings is 1.